The fourth-order valence-corrected chi connectivity index (χ4v) is 1.39. The van der Waals surface area contributed by atoms with Crippen LogP contribution in [0.5, 0.6) is 11.8 Å². The molecular weight excluding hydrogens is 238 g/mol. The van der Waals surface area contributed by atoms with Crippen molar-refractivity contribution >= 4 is 5.97 Å². The van der Waals surface area contributed by atoms with Crippen molar-refractivity contribution in [2.75, 3.05) is 27.4 Å². The molecule has 0 saturated heterocycles. The molecule has 0 saturated carbocycles. The zero-order valence-electron chi connectivity index (χ0n) is 10.7. The van der Waals surface area contributed by atoms with Gasteiger partial charge >= 0.3 is 5.97 Å². The van der Waals surface area contributed by atoms with E-state index >= 15 is 0 Å². The molecule has 1 aromatic rings. The maximum atomic E-state index is 11.2. The van der Waals surface area contributed by atoms with Gasteiger partial charge in [-0.1, -0.05) is 0 Å². The first kappa shape index (κ1) is 14.2. The Labute approximate surface area is 105 Å². The van der Waals surface area contributed by atoms with Gasteiger partial charge in [-0.25, -0.2) is 9.97 Å². The highest BCUT2D eigenvalue weighted by Crippen LogP contribution is 2.22. The number of methoxy groups -OCH3 is 2. The second-order valence-corrected chi connectivity index (χ2v) is 3.28. The smallest absolute Gasteiger partial charge is 0.319 e. The zero-order valence-corrected chi connectivity index (χ0v) is 10.7. The number of aromatic nitrogens is 2. The van der Waals surface area contributed by atoms with Crippen LogP contribution in [-0.2, 0) is 16.1 Å². The van der Waals surface area contributed by atoms with Gasteiger partial charge in [0.2, 0.25) is 11.8 Å². The van der Waals surface area contributed by atoms with Crippen molar-refractivity contribution in [3.63, 3.8) is 0 Å². The maximum Gasteiger partial charge on any atom is 0.319 e. The van der Waals surface area contributed by atoms with Crippen molar-refractivity contribution in [3.8, 4) is 11.8 Å². The molecule has 1 rings (SSSR count). The van der Waals surface area contributed by atoms with Crippen molar-refractivity contribution in [1.29, 1.82) is 0 Å². The molecule has 1 aromatic heterocycles. The normalized spacial score (nSPS) is 9.94. The molecule has 0 spiro atoms. The average Bonchev–Trinajstić information content (AvgIpc) is 2.39. The lowest BCUT2D eigenvalue weighted by atomic mass is 10.3. The van der Waals surface area contributed by atoms with E-state index in [2.05, 4.69) is 15.3 Å². The van der Waals surface area contributed by atoms with Gasteiger partial charge in [-0.15, -0.1) is 0 Å². The predicted octanol–water partition coefficient (Wildman–Crippen LogP) is 0.147. The summed E-state index contributed by atoms with van der Waals surface area (Å²) in [5.74, 6) is 0.517. The third kappa shape index (κ3) is 3.85. The van der Waals surface area contributed by atoms with Crippen molar-refractivity contribution in [3.05, 3.63) is 11.9 Å². The lowest BCUT2D eigenvalue weighted by Crippen LogP contribution is -2.25. The number of hydrogen-bond donors (Lipinski definition) is 1. The molecule has 0 bridgehead atoms. The van der Waals surface area contributed by atoms with E-state index in [4.69, 9.17) is 14.2 Å². The van der Waals surface area contributed by atoms with Gasteiger partial charge in [-0.3, -0.25) is 4.79 Å². The molecule has 0 fully saturated rings. The first-order valence-electron chi connectivity index (χ1n) is 5.51. The third-order valence-electron chi connectivity index (χ3n) is 2.13. The van der Waals surface area contributed by atoms with E-state index in [1.165, 1.54) is 20.5 Å². The Morgan fingerprint density at radius 2 is 1.89 bits per heavy atom. The van der Waals surface area contributed by atoms with E-state index in [9.17, 15) is 4.79 Å². The van der Waals surface area contributed by atoms with E-state index in [-0.39, 0.29) is 12.5 Å². The Bertz CT molecular complexity index is 376. The van der Waals surface area contributed by atoms with Crippen molar-refractivity contribution in [1.82, 2.24) is 15.3 Å². The fraction of sp³-hybridized carbons (Fsp3) is 0.545. The highest BCUT2D eigenvalue weighted by Gasteiger charge is 2.13. The number of ether oxygens (including phenoxy) is 3. The lowest BCUT2D eigenvalue weighted by molar-refractivity contribution is -0.142. The first-order chi connectivity index (χ1) is 8.72. The molecular formula is C11H17N3O4. The summed E-state index contributed by atoms with van der Waals surface area (Å²) in [6.07, 6.45) is 1.35. The van der Waals surface area contributed by atoms with Gasteiger partial charge in [0, 0.05) is 6.54 Å². The van der Waals surface area contributed by atoms with Crippen LogP contribution >= 0.6 is 0 Å². The molecule has 0 unspecified atom stereocenters. The van der Waals surface area contributed by atoms with Crippen LogP contribution in [-0.4, -0.2) is 43.3 Å². The van der Waals surface area contributed by atoms with Crippen molar-refractivity contribution in [2.24, 2.45) is 0 Å². The summed E-state index contributed by atoms with van der Waals surface area (Å²) in [4.78, 5) is 19.1. The quantitative estimate of drug-likeness (QED) is 0.694. The number of carbonyl (C=O) groups is 1. The summed E-state index contributed by atoms with van der Waals surface area (Å²) in [6, 6.07) is 0. The number of carbonyl (C=O) groups excluding carboxylic acids is 1. The molecule has 0 aliphatic heterocycles. The second kappa shape index (κ2) is 7.44. The van der Waals surface area contributed by atoms with Crippen molar-refractivity contribution in [2.45, 2.75) is 13.5 Å². The Hall–Kier alpha value is -1.89. The molecule has 0 aliphatic rings. The number of esters is 1. The lowest BCUT2D eigenvalue weighted by Gasteiger charge is -2.11. The average molecular weight is 255 g/mol. The van der Waals surface area contributed by atoms with Crippen LogP contribution in [0.1, 0.15) is 12.5 Å². The molecule has 7 nitrogen and oxygen atoms in total. The molecule has 1 N–H and O–H groups in total. The maximum absolute atomic E-state index is 11.2. The Balaban J connectivity index is 2.62. The van der Waals surface area contributed by atoms with Gasteiger partial charge in [0.05, 0.1) is 32.9 Å². The van der Waals surface area contributed by atoms with Gasteiger partial charge in [-0.05, 0) is 6.92 Å². The van der Waals surface area contributed by atoms with Crippen LogP contribution in [0.25, 0.3) is 0 Å². The van der Waals surface area contributed by atoms with Crippen LogP contribution < -0.4 is 14.8 Å². The minimum Gasteiger partial charge on any atom is -0.481 e. The van der Waals surface area contributed by atoms with Gasteiger partial charge in [0.25, 0.3) is 0 Å². The van der Waals surface area contributed by atoms with E-state index in [0.29, 0.717) is 30.5 Å². The molecule has 100 valence electrons. The summed E-state index contributed by atoms with van der Waals surface area (Å²) in [5, 5.41) is 2.92. The molecule has 0 amide bonds. The first-order valence-corrected chi connectivity index (χ1v) is 5.51. The molecule has 0 atom stereocenters. The minimum absolute atomic E-state index is 0.106. The molecule has 0 aliphatic carbocycles. The molecule has 18 heavy (non-hydrogen) atoms. The van der Waals surface area contributed by atoms with Crippen LogP contribution in [0, 0.1) is 0 Å². The van der Waals surface area contributed by atoms with E-state index in [1.807, 2.05) is 0 Å². The van der Waals surface area contributed by atoms with Crippen molar-refractivity contribution < 1.29 is 19.0 Å². The molecule has 0 aromatic carbocycles. The Morgan fingerprint density at radius 1 is 1.28 bits per heavy atom. The van der Waals surface area contributed by atoms with Gasteiger partial charge in [-0.2, -0.15) is 0 Å². The van der Waals surface area contributed by atoms with Crippen LogP contribution in [0.15, 0.2) is 6.33 Å². The molecule has 7 heteroatoms. The Morgan fingerprint density at radius 3 is 2.39 bits per heavy atom. The second-order valence-electron chi connectivity index (χ2n) is 3.28. The van der Waals surface area contributed by atoms with E-state index < -0.39 is 0 Å². The van der Waals surface area contributed by atoms with Gasteiger partial charge in [0.15, 0.2) is 0 Å². The van der Waals surface area contributed by atoms with Crippen LogP contribution in [0.3, 0.4) is 0 Å². The SMILES string of the molecule is CCOC(=O)CNCc1c(OC)ncnc1OC. The molecule has 1 heterocycles. The standard InChI is InChI=1S/C11H17N3O4/c1-4-18-9(15)6-12-5-8-10(16-2)13-7-14-11(8)17-3/h7,12H,4-6H2,1-3H3. The van der Waals surface area contributed by atoms with Gasteiger partial charge < -0.3 is 19.5 Å². The minimum atomic E-state index is -0.313. The van der Waals surface area contributed by atoms with Crippen LogP contribution in [0.2, 0.25) is 0 Å². The van der Waals surface area contributed by atoms with E-state index in [0.717, 1.165) is 0 Å². The number of nitrogens with one attached hydrogen (secondary N) is 1. The highest BCUT2D eigenvalue weighted by atomic mass is 16.5. The zero-order chi connectivity index (χ0) is 13.4. The third-order valence-corrected chi connectivity index (χ3v) is 2.13. The fourth-order valence-electron chi connectivity index (χ4n) is 1.39. The van der Waals surface area contributed by atoms with Crippen LogP contribution in [0.4, 0.5) is 0 Å². The summed E-state index contributed by atoms with van der Waals surface area (Å²) in [5.41, 5.74) is 0.659. The van der Waals surface area contributed by atoms with E-state index in [1.54, 1.807) is 6.92 Å². The number of rotatable bonds is 7. The van der Waals surface area contributed by atoms with Gasteiger partial charge in [0.1, 0.15) is 6.33 Å². The summed E-state index contributed by atoms with van der Waals surface area (Å²) < 4.78 is 15.0. The number of nitrogens with zero attached hydrogens (tertiary/aromatic N) is 2. The number of hydrogen-bond acceptors (Lipinski definition) is 7. The summed E-state index contributed by atoms with van der Waals surface area (Å²) in [7, 11) is 3.02. The predicted molar refractivity (Wildman–Crippen MR) is 63.5 cm³/mol. The monoisotopic (exact) mass is 255 g/mol. The Kier molecular flexibility index (Phi) is 5.86. The molecule has 0 radical (unpaired) electrons. The summed E-state index contributed by atoms with van der Waals surface area (Å²) in [6.45, 7) is 2.58. The highest BCUT2D eigenvalue weighted by molar-refractivity contribution is 5.71. The largest absolute Gasteiger partial charge is 0.481 e. The summed E-state index contributed by atoms with van der Waals surface area (Å²) >= 11 is 0. The topological polar surface area (TPSA) is 82.6 Å².